The lowest BCUT2D eigenvalue weighted by atomic mass is 10.1. The van der Waals surface area contributed by atoms with Crippen LogP contribution in [0.2, 0.25) is 0 Å². The number of hydrogen-bond acceptors (Lipinski definition) is 6. The molecule has 1 amide bonds. The molecule has 7 nitrogen and oxygen atoms in total. The molecule has 2 aromatic carbocycles. The van der Waals surface area contributed by atoms with Gasteiger partial charge in [-0.3, -0.25) is 4.79 Å². The number of anilines is 1. The number of amides is 1. The van der Waals surface area contributed by atoms with Crippen molar-refractivity contribution in [3.63, 3.8) is 0 Å². The van der Waals surface area contributed by atoms with Crippen molar-refractivity contribution in [2.75, 3.05) is 32.6 Å². The second-order valence-corrected chi connectivity index (χ2v) is 10.6. The summed E-state index contributed by atoms with van der Waals surface area (Å²) in [6.07, 6.45) is 1.80. The van der Waals surface area contributed by atoms with Gasteiger partial charge in [-0.25, -0.2) is 8.42 Å². The first kappa shape index (κ1) is 22.3. The van der Waals surface area contributed by atoms with Gasteiger partial charge in [-0.05, 0) is 54.8 Å². The Morgan fingerprint density at radius 2 is 1.72 bits per heavy atom. The number of sulfonamides is 1. The van der Waals surface area contributed by atoms with Crippen LogP contribution in [0.15, 0.2) is 58.8 Å². The van der Waals surface area contributed by atoms with Crippen molar-refractivity contribution >= 4 is 33.0 Å². The number of nitrogens with zero attached hydrogens (tertiary/aromatic N) is 1. The van der Waals surface area contributed by atoms with E-state index in [-0.39, 0.29) is 5.91 Å². The Morgan fingerprint density at radius 3 is 2.44 bits per heavy atom. The maximum atomic E-state index is 12.8. The van der Waals surface area contributed by atoms with Crippen molar-refractivity contribution in [2.24, 2.45) is 0 Å². The largest absolute Gasteiger partial charge is 0.493 e. The third kappa shape index (κ3) is 4.50. The smallest absolute Gasteiger partial charge is 0.255 e. The average Bonchev–Trinajstić information content (AvgIpc) is 3.52. The Kier molecular flexibility index (Phi) is 6.50. The number of benzene rings is 2. The van der Waals surface area contributed by atoms with E-state index in [4.69, 9.17) is 9.47 Å². The molecule has 1 aliphatic rings. The molecule has 1 aromatic heterocycles. The highest BCUT2D eigenvalue weighted by molar-refractivity contribution is 7.91. The standard InChI is InChI=1S/C23H24N2O5S2/c1-29-19-9-8-18(15-20(19)30-2)24-23(26)17-7-5-6-16(14-17)21-10-11-22(31-21)32(27,28)25-12-3-4-13-25/h5-11,14-15H,3-4,12-13H2,1-2H3,(H,24,26). The predicted octanol–water partition coefficient (Wildman–Crippen LogP) is 4.47. The number of methoxy groups -OCH3 is 2. The monoisotopic (exact) mass is 472 g/mol. The summed E-state index contributed by atoms with van der Waals surface area (Å²) in [7, 11) is -0.372. The first-order valence-electron chi connectivity index (χ1n) is 10.2. The van der Waals surface area contributed by atoms with Crippen LogP contribution in [0.25, 0.3) is 10.4 Å². The molecule has 9 heteroatoms. The zero-order valence-corrected chi connectivity index (χ0v) is 19.5. The molecule has 2 heterocycles. The van der Waals surface area contributed by atoms with Crippen LogP contribution in [-0.2, 0) is 10.0 Å². The van der Waals surface area contributed by atoms with Gasteiger partial charge in [0.1, 0.15) is 4.21 Å². The average molecular weight is 473 g/mol. The second kappa shape index (κ2) is 9.32. The van der Waals surface area contributed by atoms with Gasteiger partial charge in [-0.2, -0.15) is 4.31 Å². The maximum Gasteiger partial charge on any atom is 0.255 e. The van der Waals surface area contributed by atoms with E-state index in [9.17, 15) is 13.2 Å². The summed E-state index contributed by atoms with van der Waals surface area (Å²) in [5, 5.41) is 2.86. The Balaban J connectivity index is 1.54. The summed E-state index contributed by atoms with van der Waals surface area (Å²) in [6, 6.07) is 15.7. The molecule has 168 valence electrons. The molecule has 4 rings (SSSR count). The highest BCUT2D eigenvalue weighted by Gasteiger charge is 2.28. The van der Waals surface area contributed by atoms with Crippen molar-refractivity contribution < 1.29 is 22.7 Å². The van der Waals surface area contributed by atoms with E-state index in [1.165, 1.54) is 22.8 Å². The van der Waals surface area contributed by atoms with Crippen LogP contribution in [0.3, 0.4) is 0 Å². The predicted molar refractivity (Wildman–Crippen MR) is 125 cm³/mol. The molecule has 0 saturated carbocycles. The third-order valence-corrected chi connectivity index (χ3v) is 8.79. The van der Waals surface area contributed by atoms with Gasteiger partial charge >= 0.3 is 0 Å². The van der Waals surface area contributed by atoms with Gasteiger partial charge < -0.3 is 14.8 Å². The van der Waals surface area contributed by atoms with E-state index in [0.29, 0.717) is 40.0 Å². The van der Waals surface area contributed by atoms with E-state index >= 15 is 0 Å². The summed E-state index contributed by atoms with van der Waals surface area (Å²) < 4.78 is 38.0. The van der Waals surface area contributed by atoms with Crippen LogP contribution >= 0.6 is 11.3 Å². The first-order chi connectivity index (χ1) is 15.4. The Labute approximate surface area is 191 Å². The lowest BCUT2D eigenvalue weighted by molar-refractivity contribution is 0.102. The minimum absolute atomic E-state index is 0.277. The summed E-state index contributed by atoms with van der Waals surface area (Å²) in [4.78, 5) is 13.6. The molecule has 0 unspecified atom stereocenters. The minimum atomic E-state index is -3.45. The van der Waals surface area contributed by atoms with Gasteiger partial charge in [-0.1, -0.05) is 12.1 Å². The highest BCUT2D eigenvalue weighted by atomic mass is 32.2. The molecule has 0 aliphatic carbocycles. The molecular formula is C23H24N2O5S2. The lowest BCUT2D eigenvalue weighted by Gasteiger charge is -2.13. The first-order valence-corrected chi connectivity index (χ1v) is 12.4. The Hall–Kier alpha value is -2.88. The van der Waals surface area contributed by atoms with Crippen LogP contribution in [0, 0.1) is 0 Å². The Morgan fingerprint density at radius 1 is 0.969 bits per heavy atom. The van der Waals surface area contributed by atoms with Crippen LogP contribution in [0.4, 0.5) is 5.69 Å². The number of nitrogens with one attached hydrogen (secondary N) is 1. The Bertz CT molecular complexity index is 1230. The highest BCUT2D eigenvalue weighted by Crippen LogP contribution is 2.34. The zero-order valence-electron chi connectivity index (χ0n) is 17.8. The van der Waals surface area contributed by atoms with Gasteiger partial charge in [0.15, 0.2) is 11.5 Å². The SMILES string of the molecule is COc1ccc(NC(=O)c2cccc(-c3ccc(S(=O)(=O)N4CCCC4)s3)c2)cc1OC. The molecule has 0 bridgehead atoms. The second-order valence-electron chi connectivity index (χ2n) is 7.33. The van der Waals surface area contributed by atoms with Crippen molar-refractivity contribution in [2.45, 2.75) is 17.1 Å². The van der Waals surface area contributed by atoms with E-state index in [1.54, 1.807) is 55.6 Å². The number of rotatable bonds is 7. The lowest BCUT2D eigenvalue weighted by Crippen LogP contribution is -2.27. The molecule has 3 aromatic rings. The molecule has 1 N–H and O–H groups in total. The summed E-state index contributed by atoms with van der Waals surface area (Å²) in [5.74, 6) is 0.815. The molecule has 1 saturated heterocycles. The van der Waals surface area contributed by atoms with Crippen LogP contribution < -0.4 is 14.8 Å². The zero-order chi connectivity index (χ0) is 22.7. The van der Waals surface area contributed by atoms with Crippen LogP contribution in [0.1, 0.15) is 23.2 Å². The summed E-state index contributed by atoms with van der Waals surface area (Å²) in [5.41, 5.74) is 1.83. The molecule has 0 spiro atoms. The molecule has 1 fully saturated rings. The quantitative estimate of drug-likeness (QED) is 0.548. The fourth-order valence-electron chi connectivity index (χ4n) is 3.60. The van der Waals surface area contributed by atoms with E-state index < -0.39 is 10.0 Å². The molecule has 32 heavy (non-hydrogen) atoms. The van der Waals surface area contributed by atoms with E-state index in [1.807, 2.05) is 6.07 Å². The van der Waals surface area contributed by atoms with Gasteiger partial charge in [-0.15, -0.1) is 11.3 Å². The van der Waals surface area contributed by atoms with Crippen molar-refractivity contribution in [1.29, 1.82) is 0 Å². The minimum Gasteiger partial charge on any atom is -0.493 e. The number of hydrogen-bond donors (Lipinski definition) is 1. The number of ether oxygens (including phenoxy) is 2. The maximum absolute atomic E-state index is 12.8. The normalized spacial score (nSPS) is 14.3. The topological polar surface area (TPSA) is 84.9 Å². The third-order valence-electron chi connectivity index (χ3n) is 5.29. The fourth-order valence-corrected chi connectivity index (χ4v) is 6.57. The fraction of sp³-hybridized carbons (Fsp3) is 0.261. The van der Waals surface area contributed by atoms with Crippen molar-refractivity contribution in [3.05, 3.63) is 60.2 Å². The van der Waals surface area contributed by atoms with Crippen LogP contribution in [-0.4, -0.2) is 45.9 Å². The molecule has 0 atom stereocenters. The number of carbonyl (C=O) groups is 1. The number of thiophene rings is 1. The molecule has 1 aliphatic heterocycles. The van der Waals surface area contributed by atoms with Gasteiger partial charge in [0.2, 0.25) is 0 Å². The van der Waals surface area contributed by atoms with E-state index in [0.717, 1.165) is 23.3 Å². The number of carbonyl (C=O) groups excluding carboxylic acids is 1. The molecular weight excluding hydrogens is 448 g/mol. The van der Waals surface area contributed by atoms with Gasteiger partial charge in [0.05, 0.1) is 14.2 Å². The van der Waals surface area contributed by atoms with Crippen molar-refractivity contribution in [1.82, 2.24) is 4.31 Å². The van der Waals surface area contributed by atoms with Gasteiger partial charge in [0, 0.05) is 35.3 Å². The van der Waals surface area contributed by atoms with Crippen molar-refractivity contribution in [3.8, 4) is 21.9 Å². The summed E-state index contributed by atoms with van der Waals surface area (Å²) >= 11 is 1.22. The van der Waals surface area contributed by atoms with Gasteiger partial charge in [0.25, 0.3) is 15.9 Å². The summed E-state index contributed by atoms with van der Waals surface area (Å²) in [6.45, 7) is 1.14. The van der Waals surface area contributed by atoms with Crippen LogP contribution in [0.5, 0.6) is 11.5 Å². The molecule has 0 radical (unpaired) electrons. The van der Waals surface area contributed by atoms with E-state index in [2.05, 4.69) is 5.32 Å².